The lowest BCUT2D eigenvalue weighted by molar-refractivity contribution is 0.00578. The van der Waals surface area contributed by atoms with Gasteiger partial charge in [-0.05, 0) is 91.2 Å². The molecule has 1 saturated heterocycles. The number of hydrogen-bond donors (Lipinski definition) is 0. The molecule has 0 radical (unpaired) electrons. The van der Waals surface area contributed by atoms with Gasteiger partial charge in [-0.1, -0.05) is 103 Å². The van der Waals surface area contributed by atoms with Crippen LogP contribution in [0.3, 0.4) is 0 Å². The standard InChI is InChI=1S/C34H35BO2/c1-9-27-28(10-2)32(25-17-13-23(4)14-18-25)30-21-26(35-36-33(5,6)34(7,8)37-35)19-20-29(30)31(27)24-15-11-22(3)12-16-24/h9-21H,1-2H2,3-8H3. The molecule has 0 saturated carbocycles. The number of aryl methyl sites for hydroxylation is 2. The Hall–Kier alpha value is -3.40. The van der Waals surface area contributed by atoms with E-state index < -0.39 is 18.3 Å². The monoisotopic (exact) mass is 486 g/mol. The third kappa shape index (κ3) is 4.27. The summed E-state index contributed by atoms with van der Waals surface area (Å²) in [7, 11) is -0.436. The van der Waals surface area contributed by atoms with Gasteiger partial charge in [-0.2, -0.15) is 0 Å². The van der Waals surface area contributed by atoms with E-state index in [4.69, 9.17) is 9.31 Å². The van der Waals surface area contributed by atoms with E-state index in [-0.39, 0.29) is 0 Å². The Balaban J connectivity index is 1.85. The highest BCUT2D eigenvalue weighted by molar-refractivity contribution is 6.62. The minimum Gasteiger partial charge on any atom is -0.399 e. The Labute approximate surface area is 221 Å². The van der Waals surface area contributed by atoms with Crippen molar-refractivity contribution in [3.8, 4) is 22.3 Å². The van der Waals surface area contributed by atoms with Gasteiger partial charge in [0.2, 0.25) is 0 Å². The summed E-state index contributed by atoms with van der Waals surface area (Å²) in [5, 5.41) is 2.31. The van der Waals surface area contributed by atoms with Crippen molar-refractivity contribution in [2.75, 3.05) is 0 Å². The molecule has 0 amide bonds. The lowest BCUT2D eigenvalue weighted by Gasteiger charge is -2.32. The fourth-order valence-electron chi connectivity index (χ4n) is 5.16. The molecule has 186 valence electrons. The summed E-state index contributed by atoms with van der Waals surface area (Å²) in [5.41, 5.74) is 9.45. The van der Waals surface area contributed by atoms with Gasteiger partial charge in [0, 0.05) is 0 Å². The molecule has 3 heteroatoms. The average Bonchev–Trinajstić information content (AvgIpc) is 3.10. The van der Waals surface area contributed by atoms with Crippen molar-refractivity contribution in [3.05, 3.63) is 102 Å². The van der Waals surface area contributed by atoms with Gasteiger partial charge in [0.15, 0.2) is 0 Å². The molecule has 0 unspecified atom stereocenters. The fourth-order valence-corrected chi connectivity index (χ4v) is 5.16. The van der Waals surface area contributed by atoms with Crippen LogP contribution in [0.15, 0.2) is 79.9 Å². The Morgan fingerprint density at radius 2 is 1.05 bits per heavy atom. The molecule has 2 nitrogen and oxygen atoms in total. The summed E-state index contributed by atoms with van der Waals surface area (Å²) >= 11 is 0. The molecule has 5 rings (SSSR count). The molecule has 0 bridgehead atoms. The van der Waals surface area contributed by atoms with E-state index in [1.54, 1.807) is 0 Å². The predicted molar refractivity (Wildman–Crippen MR) is 160 cm³/mol. The van der Waals surface area contributed by atoms with Crippen molar-refractivity contribution < 1.29 is 9.31 Å². The van der Waals surface area contributed by atoms with Crippen molar-refractivity contribution >= 4 is 35.5 Å². The summed E-state index contributed by atoms with van der Waals surface area (Å²) in [6.07, 6.45) is 3.93. The van der Waals surface area contributed by atoms with E-state index in [1.807, 2.05) is 12.2 Å². The van der Waals surface area contributed by atoms with Crippen LogP contribution in [0.25, 0.3) is 45.2 Å². The number of rotatable bonds is 5. The van der Waals surface area contributed by atoms with Crippen LogP contribution < -0.4 is 5.46 Å². The molecular formula is C34H35BO2. The van der Waals surface area contributed by atoms with Gasteiger partial charge in [0.1, 0.15) is 0 Å². The Kier molecular flexibility index (Phi) is 6.26. The Morgan fingerprint density at radius 3 is 1.49 bits per heavy atom. The lowest BCUT2D eigenvalue weighted by Crippen LogP contribution is -2.41. The van der Waals surface area contributed by atoms with Crippen molar-refractivity contribution in [1.82, 2.24) is 0 Å². The van der Waals surface area contributed by atoms with Crippen LogP contribution >= 0.6 is 0 Å². The summed E-state index contributed by atoms with van der Waals surface area (Å²) in [6.45, 7) is 21.1. The molecule has 1 aliphatic rings. The van der Waals surface area contributed by atoms with E-state index in [2.05, 4.69) is 121 Å². The maximum Gasteiger partial charge on any atom is 0.494 e. The number of hydrogen-bond acceptors (Lipinski definition) is 2. The van der Waals surface area contributed by atoms with E-state index in [9.17, 15) is 0 Å². The van der Waals surface area contributed by atoms with E-state index in [0.717, 1.165) is 44.2 Å². The first-order valence-electron chi connectivity index (χ1n) is 12.9. The molecule has 0 spiro atoms. The van der Waals surface area contributed by atoms with Crippen molar-refractivity contribution in [2.24, 2.45) is 0 Å². The van der Waals surface area contributed by atoms with Gasteiger partial charge in [-0.15, -0.1) is 0 Å². The molecule has 4 aromatic rings. The van der Waals surface area contributed by atoms with Crippen molar-refractivity contribution in [3.63, 3.8) is 0 Å². The largest absolute Gasteiger partial charge is 0.494 e. The summed E-state index contributed by atoms with van der Waals surface area (Å²) in [6, 6.07) is 24.0. The number of fused-ring (bicyclic) bond motifs is 1. The van der Waals surface area contributed by atoms with E-state index in [0.29, 0.717) is 0 Å². The SMILES string of the molecule is C=Cc1c(C=C)c(-c2ccc(C)cc2)c2cc(B3OC(C)(C)C(C)(C)O3)ccc2c1-c1ccc(C)cc1. The summed E-state index contributed by atoms with van der Waals surface area (Å²) in [4.78, 5) is 0. The zero-order valence-electron chi connectivity index (χ0n) is 22.8. The van der Waals surface area contributed by atoms with Crippen LogP contribution in [-0.4, -0.2) is 18.3 Å². The van der Waals surface area contributed by atoms with Crippen LogP contribution in [0.2, 0.25) is 0 Å². The van der Waals surface area contributed by atoms with Crippen LogP contribution in [0.4, 0.5) is 0 Å². The second kappa shape index (κ2) is 9.17. The van der Waals surface area contributed by atoms with Gasteiger partial charge in [-0.25, -0.2) is 0 Å². The molecule has 4 aromatic carbocycles. The molecule has 37 heavy (non-hydrogen) atoms. The molecule has 1 heterocycles. The van der Waals surface area contributed by atoms with Crippen LogP contribution in [-0.2, 0) is 9.31 Å². The molecular weight excluding hydrogens is 451 g/mol. The maximum absolute atomic E-state index is 6.43. The Bertz CT molecular complexity index is 1490. The molecule has 1 fully saturated rings. The first-order valence-corrected chi connectivity index (χ1v) is 12.9. The highest BCUT2D eigenvalue weighted by Gasteiger charge is 2.51. The smallest absolute Gasteiger partial charge is 0.399 e. The predicted octanol–water partition coefficient (Wildman–Crippen LogP) is 8.38. The highest BCUT2D eigenvalue weighted by atomic mass is 16.7. The van der Waals surface area contributed by atoms with Gasteiger partial charge >= 0.3 is 7.12 Å². The van der Waals surface area contributed by atoms with Crippen LogP contribution in [0.1, 0.15) is 49.9 Å². The quantitative estimate of drug-likeness (QED) is 0.264. The van der Waals surface area contributed by atoms with Crippen LogP contribution in [0, 0.1) is 13.8 Å². The third-order valence-corrected chi connectivity index (χ3v) is 8.03. The minimum absolute atomic E-state index is 0.404. The highest BCUT2D eigenvalue weighted by Crippen LogP contribution is 2.43. The van der Waals surface area contributed by atoms with Crippen molar-refractivity contribution in [1.29, 1.82) is 0 Å². The van der Waals surface area contributed by atoms with Crippen molar-refractivity contribution in [2.45, 2.75) is 52.7 Å². The molecule has 0 aromatic heterocycles. The normalized spacial score (nSPS) is 16.2. The molecule has 0 atom stereocenters. The molecule has 1 aliphatic heterocycles. The van der Waals surface area contributed by atoms with Gasteiger partial charge < -0.3 is 9.31 Å². The summed E-state index contributed by atoms with van der Waals surface area (Å²) < 4.78 is 12.9. The lowest BCUT2D eigenvalue weighted by atomic mass is 9.75. The van der Waals surface area contributed by atoms with E-state index in [1.165, 1.54) is 16.5 Å². The average molecular weight is 486 g/mol. The second-order valence-corrected chi connectivity index (χ2v) is 11.1. The molecule has 0 aliphatic carbocycles. The van der Waals surface area contributed by atoms with Gasteiger partial charge in [0.05, 0.1) is 11.2 Å². The van der Waals surface area contributed by atoms with Gasteiger partial charge in [-0.3, -0.25) is 0 Å². The zero-order valence-corrected chi connectivity index (χ0v) is 22.8. The minimum atomic E-state index is -0.436. The first kappa shape index (κ1) is 25.3. The number of benzene rings is 4. The third-order valence-electron chi connectivity index (χ3n) is 8.03. The second-order valence-electron chi connectivity index (χ2n) is 11.1. The summed E-state index contributed by atoms with van der Waals surface area (Å²) in [5.74, 6) is 0. The zero-order chi connectivity index (χ0) is 26.5. The first-order chi connectivity index (χ1) is 17.6. The maximum atomic E-state index is 6.43. The van der Waals surface area contributed by atoms with Crippen LogP contribution in [0.5, 0.6) is 0 Å². The topological polar surface area (TPSA) is 18.5 Å². The van der Waals surface area contributed by atoms with Gasteiger partial charge in [0.25, 0.3) is 0 Å². The van der Waals surface area contributed by atoms with E-state index >= 15 is 0 Å². The fraction of sp³-hybridized carbons (Fsp3) is 0.235. The Morgan fingerprint density at radius 1 is 0.622 bits per heavy atom. The molecule has 0 N–H and O–H groups in total.